The molecule has 8 heteroatoms. The van der Waals surface area contributed by atoms with Gasteiger partial charge in [-0.15, -0.1) is 0 Å². The van der Waals surface area contributed by atoms with Gasteiger partial charge in [-0.1, -0.05) is 12.1 Å². The monoisotopic (exact) mass is 419 g/mol. The maximum atomic E-state index is 13.6. The first-order valence-electron chi connectivity index (χ1n) is 9.84. The fourth-order valence-electron chi connectivity index (χ4n) is 3.70. The van der Waals surface area contributed by atoms with Crippen molar-refractivity contribution >= 4 is 26.9 Å². The van der Waals surface area contributed by atoms with Gasteiger partial charge in [-0.3, -0.25) is 4.98 Å². The molecular weight excluding hydrogens is 390 g/mol. The number of hydrogen-bond donors (Lipinski definition) is 0. The van der Waals surface area contributed by atoms with Crippen LogP contribution in [-0.4, -0.2) is 60.0 Å². The standard InChI is InChI=1S/C21H29N3O4S/c1-15-12-22-13-17-8-6-9-18(19(15)17)29(26,27)24-11-7-10-23(14-16(24)2)20(25)28-21(3,4)5/h6,8-9,12-13,16H,7,10-11,14H2,1-5H3/t16-/m0/s1. The zero-order chi connectivity index (χ0) is 21.4. The minimum Gasteiger partial charge on any atom is -0.444 e. The van der Waals surface area contributed by atoms with E-state index in [0.29, 0.717) is 31.4 Å². The van der Waals surface area contributed by atoms with Gasteiger partial charge < -0.3 is 9.64 Å². The van der Waals surface area contributed by atoms with E-state index in [-0.39, 0.29) is 10.9 Å². The van der Waals surface area contributed by atoms with Crippen molar-refractivity contribution in [3.8, 4) is 0 Å². The minimum absolute atomic E-state index is 0.285. The zero-order valence-electron chi connectivity index (χ0n) is 17.7. The summed E-state index contributed by atoms with van der Waals surface area (Å²) in [4.78, 5) is 18.5. The first-order valence-corrected chi connectivity index (χ1v) is 11.3. The van der Waals surface area contributed by atoms with E-state index >= 15 is 0 Å². The topological polar surface area (TPSA) is 79.8 Å². The first kappa shape index (κ1) is 21.5. The van der Waals surface area contributed by atoms with Crippen LogP contribution in [0.25, 0.3) is 10.8 Å². The van der Waals surface area contributed by atoms with Crippen molar-refractivity contribution in [2.45, 2.75) is 57.6 Å². The molecule has 0 N–H and O–H groups in total. The normalized spacial score (nSPS) is 19.2. The van der Waals surface area contributed by atoms with Gasteiger partial charge in [0.1, 0.15) is 5.60 Å². The summed E-state index contributed by atoms with van der Waals surface area (Å²) in [5.74, 6) is 0. The van der Waals surface area contributed by atoms with Crippen molar-refractivity contribution in [2.24, 2.45) is 0 Å². The van der Waals surface area contributed by atoms with E-state index < -0.39 is 21.7 Å². The summed E-state index contributed by atoms with van der Waals surface area (Å²) in [6.45, 7) is 10.3. The molecule has 29 heavy (non-hydrogen) atoms. The molecule has 1 amide bonds. The highest BCUT2D eigenvalue weighted by molar-refractivity contribution is 7.89. The van der Waals surface area contributed by atoms with E-state index in [4.69, 9.17) is 4.74 Å². The Hall–Kier alpha value is -2.19. The van der Waals surface area contributed by atoms with E-state index in [0.717, 1.165) is 10.9 Å². The maximum absolute atomic E-state index is 13.6. The zero-order valence-corrected chi connectivity index (χ0v) is 18.5. The van der Waals surface area contributed by atoms with Gasteiger partial charge in [-0.2, -0.15) is 4.31 Å². The van der Waals surface area contributed by atoms with Gasteiger partial charge in [0.05, 0.1) is 4.90 Å². The van der Waals surface area contributed by atoms with Crippen LogP contribution < -0.4 is 0 Å². The number of rotatable bonds is 2. The number of hydrogen-bond acceptors (Lipinski definition) is 5. The third kappa shape index (κ3) is 4.53. The fourth-order valence-corrected chi connectivity index (χ4v) is 5.65. The lowest BCUT2D eigenvalue weighted by molar-refractivity contribution is 0.0244. The number of benzene rings is 1. The molecule has 2 aromatic rings. The van der Waals surface area contributed by atoms with Crippen molar-refractivity contribution in [1.82, 2.24) is 14.2 Å². The quantitative estimate of drug-likeness (QED) is 0.744. The molecule has 1 aliphatic rings. The highest BCUT2D eigenvalue weighted by Crippen LogP contribution is 2.30. The molecule has 0 radical (unpaired) electrons. The largest absolute Gasteiger partial charge is 0.444 e. The highest BCUT2D eigenvalue weighted by Gasteiger charge is 2.35. The average Bonchev–Trinajstić information content (AvgIpc) is 2.82. The van der Waals surface area contributed by atoms with Gasteiger partial charge in [0.2, 0.25) is 10.0 Å². The van der Waals surface area contributed by atoms with Gasteiger partial charge in [0, 0.05) is 48.8 Å². The lowest BCUT2D eigenvalue weighted by atomic mass is 10.1. The molecule has 0 unspecified atom stereocenters. The van der Waals surface area contributed by atoms with Gasteiger partial charge in [-0.25, -0.2) is 13.2 Å². The van der Waals surface area contributed by atoms with Crippen LogP contribution >= 0.6 is 0 Å². The summed E-state index contributed by atoms with van der Waals surface area (Å²) >= 11 is 0. The second-order valence-corrected chi connectivity index (χ2v) is 10.4. The van der Waals surface area contributed by atoms with Gasteiger partial charge in [0.25, 0.3) is 0 Å². The van der Waals surface area contributed by atoms with Crippen LogP contribution in [0.15, 0.2) is 35.5 Å². The molecule has 0 saturated carbocycles. The third-order valence-corrected chi connectivity index (χ3v) is 7.01. The van der Waals surface area contributed by atoms with E-state index in [1.807, 2.05) is 40.7 Å². The maximum Gasteiger partial charge on any atom is 0.410 e. The second-order valence-electron chi connectivity index (χ2n) is 8.56. The Labute approximate surface area is 172 Å². The van der Waals surface area contributed by atoms with Crippen LogP contribution in [0, 0.1) is 6.92 Å². The number of carbonyl (C=O) groups is 1. The Balaban J connectivity index is 1.92. The molecular formula is C21H29N3O4S. The molecule has 1 aromatic carbocycles. The van der Waals surface area contributed by atoms with Gasteiger partial charge in [-0.05, 0) is 52.7 Å². The van der Waals surface area contributed by atoms with Crippen molar-refractivity contribution in [3.05, 3.63) is 36.2 Å². The SMILES string of the molecule is Cc1cncc2cccc(S(=O)(=O)N3CCCN(C(=O)OC(C)(C)C)C[C@@H]3C)c12. The molecule has 0 aliphatic carbocycles. The molecule has 2 heterocycles. The number of pyridine rings is 1. The van der Waals surface area contributed by atoms with E-state index in [2.05, 4.69) is 4.98 Å². The molecule has 0 spiro atoms. The molecule has 0 bridgehead atoms. The van der Waals surface area contributed by atoms with E-state index in [1.54, 1.807) is 29.4 Å². The summed E-state index contributed by atoms with van der Waals surface area (Å²) in [6, 6.07) is 4.89. The van der Waals surface area contributed by atoms with Crippen molar-refractivity contribution in [3.63, 3.8) is 0 Å². The summed E-state index contributed by atoms with van der Waals surface area (Å²) < 4.78 is 34.2. The number of carbonyl (C=O) groups excluding carboxylic acids is 1. The van der Waals surface area contributed by atoms with E-state index in [9.17, 15) is 13.2 Å². The number of aryl methyl sites for hydroxylation is 1. The summed E-state index contributed by atoms with van der Waals surface area (Å²) in [5.41, 5.74) is 0.229. The number of fused-ring (bicyclic) bond motifs is 1. The molecule has 7 nitrogen and oxygen atoms in total. The average molecular weight is 420 g/mol. The molecule has 3 rings (SSSR count). The molecule has 158 valence electrons. The molecule has 1 fully saturated rings. The van der Waals surface area contributed by atoms with Crippen molar-refractivity contribution in [2.75, 3.05) is 19.6 Å². The van der Waals surface area contributed by atoms with Crippen LogP contribution in [-0.2, 0) is 14.8 Å². The van der Waals surface area contributed by atoms with Crippen LogP contribution in [0.1, 0.15) is 39.7 Å². The van der Waals surface area contributed by atoms with Crippen LogP contribution in [0.3, 0.4) is 0 Å². The Morgan fingerprint density at radius 3 is 2.62 bits per heavy atom. The van der Waals surface area contributed by atoms with Crippen LogP contribution in [0.4, 0.5) is 4.79 Å². The lowest BCUT2D eigenvalue weighted by Crippen LogP contribution is -2.45. The molecule has 1 aromatic heterocycles. The Morgan fingerprint density at radius 1 is 1.21 bits per heavy atom. The number of aromatic nitrogens is 1. The third-order valence-electron chi connectivity index (χ3n) is 4.96. The molecule has 1 atom stereocenters. The molecule has 1 saturated heterocycles. The number of amides is 1. The Kier molecular flexibility index (Phi) is 5.87. The predicted molar refractivity (Wildman–Crippen MR) is 112 cm³/mol. The lowest BCUT2D eigenvalue weighted by Gasteiger charge is -2.30. The summed E-state index contributed by atoms with van der Waals surface area (Å²) in [6.07, 6.45) is 3.50. The van der Waals surface area contributed by atoms with Gasteiger partial charge >= 0.3 is 6.09 Å². The van der Waals surface area contributed by atoms with Crippen LogP contribution in [0.2, 0.25) is 0 Å². The van der Waals surface area contributed by atoms with Gasteiger partial charge in [0.15, 0.2) is 0 Å². The first-order chi connectivity index (χ1) is 13.5. The number of nitrogens with zero attached hydrogens (tertiary/aromatic N) is 3. The Morgan fingerprint density at radius 2 is 1.93 bits per heavy atom. The fraction of sp³-hybridized carbons (Fsp3) is 0.524. The van der Waals surface area contributed by atoms with Crippen molar-refractivity contribution in [1.29, 1.82) is 0 Å². The number of ether oxygens (including phenoxy) is 1. The smallest absolute Gasteiger partial charge is 0.410 e. The Bertz CT molecular complexity index is 1010. The van der Waals surface area contributed by atoms with Crippen LogP contribution in [0.5, 0.6) is 0 Å². The highest BCUT2D eigenvalue weighted by atomic mass is 32.2. The van der Waals surface area contributed by atoms with Crippen molar-refractivity contribution < 1.29 is 17.9 Å². The summed E-state index contributed by atoms with van der Waals surface area (Å²) in [5, 5.41) is 1.49. The number of sulfonamides is 1. The van der Waals surface area contributed by atoms with E-state index in [1.165, 1.54) is 4.31 Å². The predicted octanol–water partition coefficient (Wildman–Crippen LogP) is 3.56. The molecule has 1 aliphatic heterocycles. The minimum atomic E-state index is -3.74. The second kappa shape index (κ2) is 7.91. The summed E-state index contributed by atoms with van der Waals surface area (Å²) in [7, 11) is -3.74.